The number of rotatable bonds is 8. The minimum atomic E-state index is -0.351. The summed E-state index contributed by atoms with van der Waals surface area (Å²) in [5.74, 6) is 0.512. The first-order chi connectivity index (χ1) is 14.5. The van der Waals surface area contributed by atoms with Gasteiger partial charge in [0.1, 0.15) is 22.1 Å². The Morgan fingerprint density at radius 2 is 1.73 bits per heavy atom. The van der Waals surface area contributed by atoms with Crippen molar-refractivity contribution in [1.29, 1.82) is 0 Å². The summed E-state index contributed by atoms with van der Waals surface area (Å²) in [6.45, 7) is 1.82. The van der Waals surface area contributed by atoms with E-state index in [1.54, 1.807) is 30.3 Å². The summed E-state index contributed by atoms with van der Waals surface area (Å²) >= 11 is 2.67. The molecule has 1 heterocycles. The molecule has 0 bridgehead atoms. The highest BCUT2D eigenvalue weighted by molar-refractivity contribution is 8.00. The second-order valence-corrected chi connectivity index (χ2v) is 8.21. The lowest BCUT2D eigenvalue weighted by Crippen LogP contribution is -2.15. The summed E-state index contributed by atoms with van der Waals surface area (Å²) in [6, 6.07) is 12.4. The summed E-state index contributed by atoms with van der Waals surface area (Å²) in [5.41, 5.74) is 0.908. The molecule has 0 saturated carbocycles. The molecule has 0 aliphatic rings. The molecule has 8 nitrogen and oxygen atoms in total. The lowest BCUT2D eigenvalue weighted by atomic mass is 10.1. The number of amides is 2. The van der Waals surface area contributed by atoms with Crippen molar-refractivity contribution in [2.45, 2.75) is 11.8 Å². The second-order valence-electron chi connectivity index (χ2n) is 5.98. The number of nitrogens with one attached hydrogen (secondary N) is 2. The third kappa shape index (κ3) is 5.49. The van der Waals surface area contributed by atoms with E-state index in [9.17, 15) is 9.59 Å². The highest BCUT2D eigenvalue weighted by atomic mass is 32.2. The van der Waals surface area contributed by atoms with Gasteiger partial charge in [0, 0.05) is 10.6 Å². The zero-order chi connectivity index (χ0) is 21.5. The Morgan fingerprint density at radius 1 is 1.03 bits per heavy atom. The van der Waals surface area contributed by atoms with E-state index in [0.717, 1.165) is 9.90 Å². The summed E-state index contributed by atoms with van der Waals surface area (Å²) in [5, 5.41) is 14.6. The van der Waals surface area contributed by atoms with E-state index in [1.807, 2.05) is 19.1 Å². The minimum absolute atomic E-state index is 0.177. The van der Waals surface area contributed by atoms with Gasteiger partial charge in [0.25, 0.3) is 5.91 Å². The first kappa shape index (κ1) is 21.6. The number of thioether (sulfide) groups is 1. The van der Waals surface area contributed by atoms with Crippen molar-refractivity contribution in [2.75, 3.05) is 30.6 Å². The van der Waals surface area contributed by atoms with E-state index >= 15 is 0 Å². The van der Waals surface area contributed by atoms with E-state index in [0.29, 0.717) is 27.9 Å². The van der Waals surface area contributed by atoms with Crippen molar-refractivity contribution in [2.24, 2.45) is 0 Å². The topological polar surface area (TPSA) is 102 Å². The molecule has 156 valence electrons. The van der Waals surface area contributed by atoms with Gasteiger partial charge in [-0.25, -0.2) is 0 Å². The van der Waals surface area contributed by atoms with Gasteiger partial charge in [0.2, 0.25) is 11.0 Å². The predicted octanol–water partition coefficient (Wildman–Crippen LogP) is 3.85. The monoisotopic (exact) mass is 444 g/mol. The maximum Gasteiger partial charge on any atom is 0.263 e. The van der Waals surface area contributed by atoms with Gasteiger partial charge in [0.05, 0.1) is 20.0 Å². The third-order valence-electron chi connectivity index (χ3n) is 3.89. The number of carbonyl (C=O) groups is 2. The fourth-order valence-corrected chi connectivity index (χ4v) is 3.95. The van der Waals surface area contributed by atoms with Gasteiger partial charge >= 0.3 is 0 Å². The Bertz CT molecular complexity index is 1030. The Morgan fingerprint density at radius 3 is 2.37 bits per heavy atom. The van der Waals surface area contributed by atoms with Crippen molar-refractivity contribution >= 4 is 45.7 Å². The summed E-state index contributed by atoms with van der Waals surface area (Å²) in [6.07, 6.45) is 0. The second kappa shape index (κ2) is 10.1. The van der Waals surface area contributed by atoms with Gasteiger partial charge in [-0.1, -0.05) is 23.5 Å². The quantitative estimate of drug-likeness (QED) is 0.509. The Labute approximate surface area is 182 Å². The SMILES string of the molecule is COc1cccc(OC)c1C(=O)Nc1cccc(SCC(=O)Nc2nnc(C)s2)c1. The predicted molar refractivity (Wildman–Crippen MR) is 118 cm³/mol. The molecule has 1 aromatic heterocycles. The van der Waals surface area contributed by atoms with Crippen molar-refractivity contribution < 1.29 is 19.1 Å². The molecule has 0 atom stereocenters. The van der Waals surface area contributed by atoms with E-state index in [-0.39, 0.29) is 17.6 Å². The van der Waals surface area contributed by atoms with Crippen LogP contribution in [0.1, 0.15) is 15.4 Å². The van der Waals surface area contributed by atoms with Crippen LogP contribution >= 0.6 is 23.1 Å². The molecule has 3 rings (SSSR count). The van der Waals surface area contributed by atoms with Crippen molar-refractivity contribution in [1.82, 2.24) is 10.2 Å². The average molecular weight is 445 g/mol. The van der Waals surface area contributed by atoms with Gasteiger partial charge in [0.15, 0.2) is 0 Å². The molecule has 2 N–H and O–H groups in total. The maximum absolute atomic E-state index is 12.8. The van der Waals surface area contributed by atoms with E-state index < -0.39 is 0 Å². The first-order valence-electron chi connectivity index (χ1n) is 8.85. The number of aromatic nitrogens is 2. The molecule has 3 aromatic rings. The number of ether oxygens (including phenoxy) is 2. The minimum Gasteiger partial charge on any atom is -0.496 e. The number of carbonyl (C=O) groups excluding carboxylic acids is 2. The standard InChI is InChI=1S/C20H20N4O4S2/c1-12-23-24-20(30-12)22-17(25)11-29-14-7-4-6-13(10-14)21-19(26)18-15(27-2)8-5-9-16(18)28-3/h4-10H,11H2,1-3H3,(H,21,26)(H,22,24,25). The number of anilines is 2. The number of nitrogens with zero attached hydrogens (tertiary/aromatic N) is 2. The van der Waals surface area contributed by atoms with Gasteiger partial charge < -0.3 is 14.8 Å². The summed E-state index contributed by atoms with van der Waals surface area (Å²) in [4.78, 5) is 25.7. The highest BCUT2D eigenvalue weighted by Gasteiger charge is 2.18. The molecule has 0 aliphatic carbocycles. The van der Waals surface area contributed by atoms with Crippen LogP contribution < -0.4 is 20.1 Å². The zero-order valence-electron chi connectivity index (χ0n) is 16.6. The number of methoxy groups -OCH3 is 2. The highest BCUT2D eigenvalue weighted by Crippen LogP contribution is 2.30. The third-order valence-corrected chi connectivity index (χ3v) is 5.64. The van der Waals surface area contributed by atoms with Crippen LogP contribution in [-0.4, -0.2) is 42.0 Å². The van der Waals surface area contributed by atoms with Crippen LogP contribution in [0.2, 0.25) is 0 Å². The maximum atomic E-state index is 12.8. The largest absolute Gasteiger partial charge is 0.496 e. The fraction of sp³-hybridized carbons (Fsp3) is 0.200. The fourth-order valence-electron chi connectivity index (χ4n) is 2.58. The number of aryl methyl sites for hydroxylation is 1. The van der Waals surface area contributed by atoms with Crippen LogP contribution in [0.4, 0.5) is 10.8 Å². The van der Waals surface area contributed by atoms with Crippen LogP contribution in [0.5, 0.6) is 11.5 Å². The van der Waals surface area contributed by atoms with Crippen LogP contribution in [0.25, 0.3) is 0 Å². The van der Waals surface area contributed by atoms with Crippen LogP contribution in [0.3, 0.4) is 0 Å². The summed E-state index contributed by atoms with van der Waals surface area (Å²) in [7, 11) is 2.99. The molecule has 30 heavy (non-hydrogen) atoms. The normalized spacial score (nSPS) is 10.4. The lowest BCUT2D eigenvalue weighted by Gasteiger charge is -2.13. The Kier molecular flexibility index (Phi) is 7.26. The van der Waals surface area contributed by atoms with Crippen molar-refractivity contribution in [3.63, 3.8) is 0 Å². The first-order valence-corrected chi connectivity index (χ1v) is 10.7. The number of hydrogen-bond donors (Lipinski definition) is 2. The van der Waals surface area contributed by atoms with Crippen LogP contribution in [0, 0.1) is 6.92 Å². The molecule has 0 spiro atoms. The summed E-state index contributed by atoms with van der Waals surface area (Å²) < 4.78 is 10.6. The molecular formula is C20H20N4O4S2. The number of hydrogen-bond acceptors (Lipinski definition) is 8. The van der Waals surface area contributed by atoms with Crippen LogP contribution in [0.15, 0.2) is 47.4 Å². The van der Waals surface area contributed by atoms with Gasteiger partial charge in [-0.05, 0) is 37.3 Å². The Hall–Kier alpha value is -3.11. The van der Waals surface area contributed by atoms with E-state index in [4.69, 9.17) is 9.47 Å². The van der Waals surface area contributed by atoms with Gasteiger partial charge in [-0.15, -0.1) is 22.0 Å². The van der Waals surface area contributed by atoms with Gasteiger partial charge in [-0.3, -0.25) is 14.9 Å². The van der Waals surface area contributed by atoms with Crippen molar-refractivity contribution in [3.05, 3.63) is 53.0 Å². The molecule has 10 heteroatoms. The molecule has 0 fully saturated rings. The molecule has 0 saturated heterocycles. The molecule has 0 unspecified atom stereocenters. The lowest BCUT2D eigenvalue weighted by molar-refractivity contribution is -0.113. The van der Waals surface area contributed by atoms with E-state index in [2.05, 4.69) is 20.8 Å². The molecule has 2 aromatic carbocycles. The van der Waals surface area contributed by atoms with Gasteiger partial charge in [-0.2, -0.15) is 0 Å². The van der Waals surface area contributed by atoms with E-state index in [1.165, 1.54) is 37.3 Å². The molecule has 2 amide bonds. The zero-order valence-corrected chi connectivity index (χ0v) is 18.2. The molecule has 0 aliphatic heterocycles. The molecule has 0 radical (unpaired) electrons. The molecular weight excluding hydrogens is 424 g/mol. The Balaban J connectivity index is 1.64. The number of benzene rings is 2. The average Bonchev–Trinajstić information content (AvgIpc) is 3.16. The smallest absolute Gasteiger partial charge is 0.263 e. The van der Waals surface area contributed by atoms with Crippen LogP contribution in [-0.2, 0) is 4.79 Å². The van der Waals surface area contributed by atoms with Crippen molar-refractivity contribution in [3.8, 4) is 11.5 Å².